The molecule has 3 N–H and O–H groups in total. The summed E-state index contributed by atoms with van der Waals surface area (Å²) in [5.41, 5.74) is 2.72. The highest BCUT2D eigenvalue weighted by Crippen LogP contribution is 2.36. The molecule has 1 unspecified atom stereocenters. The van der Waals surface area contributed by atoms with E-state index < -0.39 is 0 Å². The van der Waals surface area contributed by atoms with E-state index in [0.717, 1.165) is 16.8 Å². The van der Waals surface area contributed by atoms with E-state index in [1.807, 2.05) is 18.3 Å². The van der Waals surface area contributed by atoms with E-state index in [0.29, 0.717) is 11.6 Å². The Balaban J connectivity index is 1.86. The monoisotopic (exact) mass is 368 g/mol. The van der Waals surface area contributed by atoms with Crippen LogP contribution in [0.25, 0.3) is 10.9 Å². The van der Waals surface area contributed by atoms with Crippen molar-refractivity contribution in [2.45, 2.75) is 37.3 Å². The number of phenolic OH excluding ortho intramolecular Hbond substituents is 1. The van der Waals surface area contributed by atoms with Gasteiger partial charge in [-0.3, -0.25) is 4.79 Å². The first-order valence-corrected chi connectivity index (χ1v) is 9.66. The lowest BCUT2D eigenvalue weighted by Crippen LogP contribution is -2.26. The van der Waals surface area contributed by atoms with Gasteiger partial charge in [0.15, 0.2) is 0 Å². The number of para-hydroxylation sites is 2. The molecule has 0 aliphatic carbocycles. The van der Waals surface area contributed by atoms with E-state index in [-0.39, 0.29) is 16.9 Å². The Kier molecular flexibility index (Phi) is 5.57. The standard InChI is InChI=1S/C21H24N2O2S/c1-13(2)11-18(21(25)23-15-8-4-5-10-17(15)24)26-19-12-22-16-9-6-7-14(3)20(16)19/h4-10,12-13,18,22,24H,11H2,1-3H3,(H,23,25). The van der Waals surface area contributed by atoms with Crippen LogP contribution in [0.15, 0.2) is 53.6 Å². The van der Waals surface area contributed by atoms with Gasteiger partial charge in [0.05, 0.1) is 10.9 Å². The maximum atomic E-state index is 12.9. The lowest BCUT2D eigenvalue weighted by molar-refractivity contribution is -0.116. The second-order valence-electron chi connectivity index (χ2n) is 6.89. The first-order chi connectivity index (χ1) is 12.5. The summed E-state index contributed by atoms with van der Waals surface area (Å²) in [6.07, 6.45) is 2.73. The van der Waals surface area contributed by atoms with Crippen LogP contribution in [0, 0.1) is 12.8 Å². The number of aryl methyl sites for hydroxylation is 1. The van der Waals surface area contributed by atoms with Crippen molar-refractivity contribution in [3.8, 4) is 5.75 Å². The number of aromatic hydroxyl groups is 1. The van der Waals surface area contributed by atoms with Crippen LogP contribution in [0.2, 0.25) is 0 Å². The third-order valence-corrected chi connectivity index (χ3v) is 5.55. The fraction of sp³-hybridized carbons (Fsp3) is 0.286. The summed E-state index contributed by atoms with van der Waals surface area (Å²) in [6.45, 7) is 6.31. The Labute approximate surface area is 158 Å². The molecule has 1 atom stereocenters. The highest BCUT2D eigenvalue weighted by molar-refractivity contribution is 8.00. The molecule has 0 bridgehead atoms. The molecule has 2 aromatic carbocycles. The SMILES string of the molecule is Cc1cccc2[nH]cc(SC(CC(C)C)C(=O)Nc3ccccc3O)c12. The van der Waals surface area contributed by atoms with Crippen LogP contribution in [0.3, 0.4) is 0 Å². The minimum atomic E-state index is -0.242. The molecule has 0 spiro atoms. The number of anilines is 1. The van der Waals surface area contributed by atoms with Crippen LogP contribution in [-0.4, -0.2) is 21.2 Å². The topological polar surface area (TPSA) is 65.1 Å². The van der Waals surface area contributed by atoms with Crippen molar-refractivity contribution in [3.63, 3.8) is 0 Å². The van der Waals surface area contributed by atoms with Crippen molar-refractivity contribution in [1.29, 1.82) is 0 Å². The number of nitrogens with one attached hydrogen (secondary N) is 2. The van der Waals surface area contributed by atoms with Crippen LogP contribution in [-0.2, 0) is 4.79 Å². The highest BCUT2D eigenvalue weighted by Gasteiger charge is 2.23. The predicted octanol–water partition coefficient (Wildman–Crippen LogP) is 5.33. The molecule has 4 nitrogen and oxygen atoms in total. The Morgan fingerprint density at radius 2 is 1.96 bits per heavy atom. The van der Waals surface area contributed by atoms with Crippen molar-refractivity contribution in [3.05, 3.63) is 54.2 Å². The molecule has 0 radical (unpaired) electrons. The van der Waals surface area contributed by atoms with Crippen molar-refractivity contribution >= 4 is 34.3 Å². The first kappa shape index (κ1) is 18.4. The largest absolute Gasteiger partial charge is 0.506 e. The molecule has 5 heteroatoms. The number of aromatic nitrogens is 1. The lowest BCUT2D eigenvalue weighted by atomic mass is 10.1. The van der Waals surface area contributed by atoms with Gasteiger partial charge in [-0.2, -0.15) is 0 Å². The van der Waals surface area contributed by atoms with Crippen molar-refractivity contribution in [2.75, 3.05) is 5.32 Å². The number of fused-ring (bicyclic) bond motifs is 1. The summed E-state index contributed by atoms with van der Waals surface area (Å²) in [5.74, 6) is 0.374. The van der Waals surface area contributed by atoms with Gasteiger partial charge in [-0.1, -0.05) is 38.1 Å². The zero-order valence-corrected chi connectivity index (χ0v) is 16.1. The van der Waals surface area contributed by atoms with Crippen LogP contribution < -0.4 is 5.32 Å². The minimum Gasteiger partial charge on any atom is -0.506 e. The third kappa shape index (κ3) is 4.05. The number of amides is 1. The fourth-order valence-corrected chi connectivity index (χ4v) is 4.48. The normalized spacial score (nSPS) is 12.5. The number of carbonyl (C=O) groups is 1. The molecule has 0 saturated heterocycles. The van der Waals surface area contributed by atoms with E-state index in [4.69, 9.17) is 0 Å². The summed E-state index contributed by atoms with van der Waals surface area (Å²) in [6, 6.07) is 13.0. The number of carbonyl (C=O) groups excluding carboxylic acids is 1. The van der Waals surface area contributed by atoms with E-state index >= 15 is 0 Å². The van der Waals surface area contributed by atoms with Gasteiger partial charge >= 0.3 is 0 Å². The minimum absolute atomic E-state index is 0.0806. The molecule has 136 valence electrons. The maximum Gasteiger partial charge on any atom is 0.237 e. The van der Waals surface area contributed by atoms with Crippen LogP contribution in [0.5, 0.6) is 5.75 Å². The summed E-state index contributed by atoms with van der Waals surface area (Å²) in [5, 5.41) is 13.7. The number of rotatable bonds is 6. The van der Waals surface area contributed by atoms with Crippen LogP contribution in [0.4, 0.5) is 5.69 Å². The Morgan fingerprint density at radius 3 is 2.69 bits per heavy atom. The van der Waals surface area contributed by atoms with Gasteiger partial charge in [0, 0.05) is 22.0 Å². The molecule has 3 aromatic rings. The summed E-state index contributed by atoms with van der Waals surface area (Å²) < 4.78 is 0. The molecule has 1 heterocycles. The Bertz CT molecular complexity index is 917. The van der Waals surface area contributed by atoms with Gasteiger partial charge < -0.3 is 15.4 Å². The number of thioether (sulfide) groups is 1. The fourth-order valence-electron chi connectivity index (χ4n) is 3.01. The second kappa shape index (κ2) is 7.87. The zero-order valence-electron chi connectivity index (χ0n) is 15.2. The highest BCUT2D eigenvalue weighted by atomic mass is 32.2. The Morgan fingerprint density at radius 1 is 1.19 bits per heavy atom. The first-order valence-electron chi connectivity index (χ1n) is 8.78. The quantitative estimate of drug-likeness (QED) is 0.407. The molecular formula is C21H24N2O2S. The Hall–Kier alpha value is -2.40. The van der Waals surface area contributed by atoms with Gasteiger partial charge in [-0.15, -0.1) is 11.8 Å². The number of phenols is 1. The van der Waals surface area contributed by atoms with Crippen molar-refractivity contribution in [2.24, 2.45) is 5.92 Å². The average molecular weight is 369 g/mol. The van der Waals surface area contributed by atoms with E-state index in [9.17, 15) is 9.90 Å². The molecule has 1 aromatic heterocycles. The molecule has 1 amide bonds. The zero-order chi connectivity index (χ0) is 18.7. The smallest absolute Gasteiger partial charge is 0.237 e. The number of hydrogen-bond acceptors (Lipinski definition) is 3. The molecule has 3 rings (SSSR count). The summed E-state index contributed by atoms with van der Waals surface area (Å²) >= 11 is 1.58. The number of hydrogen-bond donors (Lipinski definition) is 3. The van der Waals surface area contributed by atoms with Gasteiger partial charge in [-0.25, -0.2) is 0 Å². The third-order valence-electron chi connectivity index (χ3n) is 4.29. The average Bonchev–Trinajstić information content (AvgIpc) is 3.00. The van der Waals surface area contributed by atoms with Gasteiger partial charge in [0.1, 0.15) is 5.75 Å². The number of H-pyrrole nitrogens is 1. The molecule has 0 aliphatic heterocycles. The summed E-state index contributed by atoms with van der Waals surface area (Å²) in [4.78, 5) is 17.3. The molecule has 0 fully saturated rings. The summed E-state index contributed by atoms with van der Waals surface area (Å²) in [7, 11) is 0. The van der Waals surface area contributed by atoms with E-state index in [2.05, 4.69) is 37.1 Å². The molecule has 0 saturated carbocycles. The molecule has 0 aliphatic rings. The van der Waals surface area contributed by atoms with Gasteiger partial charge in [0.25, 0.3) is 0 Å². The second-order valence-corrected chi connectivity index (χ2v) is 8.14. The lowest BCUT2D eigenvalue weighted by Gasteiger charge is -2.18. The van der Waals surface area contributed by atoms with Crippen molar-refractivity contribution < 1.29 is 9.90 Å². The van der Waals surface area contributed by atoms with Gasteiger partial charge in [0.2, 0.25) is 5.91 Å². The van der Waals surface area contributed by atoms with E-state index in [1.54, 1.807) is 36.0 Å². The van der Waals surface area contributed by atoms with Crippen molar-refractivity contribution in [1.82, 2.24) is 4.98 Å². The maximum absolute atomic E-state index is 12.9. The predicted molar refractivity (Wildman–Crippen MR) is 109 cm³/mol. The van der Waals surface area contributed by atoms with Crippen LogP contribution >= 0.6 is 11.8 Å². The number of benzene rings is 2. The molecular weight excluding hydrogens is 344 g/mol. The van der Waals surface area contributed by atoms with E-state index in [1.165, 1.54) is 10.9 Å². The molecule has 26 heavy (non-hydrogen) atoms. The number of aromatic amines is 1. The van der Waals surface area contributed by atoms with Crippen LogP contribution in [0.1, 0.15) is 25.8 Å². The van der Waals surface area contributed by atoms with Gasteiger partial charge in [-0.05, 0) is 43.0 Å².